The zero-order valence-corrected chi connectivity index (χ0v) is 20.5. The van der Waals surface area contributed by atoms with Crippen LogP contribution in [0.25, 0.3) is 0 Å². The van der Waals surface area contributed by atoms with Crippen LogP contribution in [0.15, 0.2) is 72.9 Å². The summed E-state index contributed by atoms with van der Waals surface area (Å²) in [6, 6.07) is 21.1. The first-order valence-electron chi connectivity index (χ1n) is 11.4. The normalized spacial score (nSPS) is 11.7. The van der Waals surface area contributed by atoms with Crippen LogP contribution in [-0.2, 0) is 11.8 Å². The number of esters is 1. The third-order valence-electron chi connectivity index (χ3n) is 5.62. The molecule has 0 spiro atoms. The van der Waals surface area contributed by atoms with Crippen LogP contribution in [0.2, 0.25) is 0 Å². The van der Waals surface area contributed by atoms with Gasteiger partial charge in [-0.1, -0.05) is 60.7 Å². The van der Waals surface area contributed by atoms with E-state index in [1.807, 2.05) is 60.7 Å². The average molecular weight is 486 g/mol. The number of carbonyl (C=O) groups excluding carboxylic acids is 2. The van der Waals surface area contributed by atoms with Gasteiger partial charge in [-0.3, -0.25) is 14.3 Å². The predicted octanol–water partition coefficient (Wildman–Crippen LogP) is 3.82. The Labute approximate surface area is 209 Å². The van der Waals surface area contributed by atoms with Crippen molar-refractivity contribution in [3.05, 3.63) is 101 Å². The molecule has 0 aliphatic heterocycles. The van der Waals surface area contributed by atoms with Gasteiger partial charge in [0, 0.05) is 26.2 Å². The van der Waals surface area contributed by atoms with Gasteiger partial charge in [-0.15, -0.1) is 0 Å². The van der Waals surface area contributed by atoms with Crippen molar-refractivity contribution in [2.24, 2.45) is 7.05 Å². The second kappa shape index (κ2) is 10.8. The molecule has 2 aromatic heterocycles. The van der Waals surface area contributed by atoms with Gasteiger partial charge in [0.2, 0.25) is 5.75 Å². The number of aromatic nitrogens is 4. The van der Waals surface area contributed by atoms with Crippen molar-refractivity contribution in [3.63, 3.8) is 0 Å². The highest BCUT2D eigenvalue weighted by atomic mass is 16.6. The predicted molar refractivity (Wildman–Crippen MR) is 133 cm³/mol. The molecule has 0 bridgehead atoms. The molecule has 2 heterocycles. The minimum Gasteiger partial charge on any atom is -0.493 e. The van der Waals surface area contributed by atoms with Gasteiger partial charge in [0.25, 0.3) is 5.91 Å². The fourth-order valence-electron chi connectivity index (χ4n) is 4.02. The maximum absolute atomic E-state index is 13.1. The van der Waals surface area contributed by atoms with Crippen LogP contribution in [0.5, 0.6) is 11.5 Å². The first-order chi connectivity index (χ1) is 17.4. The third-order valence-corrected chi connectivity index (χ3v) is 5.62. The molecule has 0 unspecified atom stereocenters. The summed E-state index contributed by atoms with van der Waals surface area (Å²) in [4.78, 5) is 33.6. The van der Waals surface area contributed by atoms with E-state index in [4.69, 9.17) is 19.6 Å². The number of carbonyl (C=O) groups is 2. The second-order valence-electron chi connectivity index (χ2n) is 8.19. The fraction of sp³-hybridized carbons (Fsp3) is 0.222. The smallest absolute Gasteiger partial charge is 0.308 e. The molecule has 0 saturated heterocycles. The topological polar surface area (TPSA) is 108 Å². The number of amides is 1. The van der Waals surface area contributed by atoms with E-state index < -0.39 is 17.9 Å². The zero-order chi connectivity index (χ0) is 25.7. The summed E-state index contributed by atoms with van der Waals surface area (Å²) in [5.74, 6) is 0.0692. The van der Waals surface area contributed by atoms with Gasteiger partial charge in [0.15, 0.2) is 17.3 Å². The van der Waals surface area contributed by atoms with Crippen LogP contribution in [0, 0.1) is 0 Å². The van der Waals surface area contributed by atoms with Crippen molar-refractivity contribution in [1.82, 2.24) is 25.1 Å². The number of methoxy groups -OCH3 is 1. The number of rotatable bonds is 8. The molecule has 0 fully saturated rings. The standard InChI is InChI=1S/C27H27N5O4/c1-17(29-27(34)23-24(36-18(2)33)21(35-4)15-16-28-23)26-30-25(31-32(26)3)22(19-11-7-5-8-12-19)20-13-9-6-10-14-20/h5-17,22H,1-4H3,(H,29,34)/t17-/m0/s1. The van der Waals surface area contributed by atoms with Crippen molar-refractivity contribution >= 4 is 11.9 Å². The Hall–Kier alpha value is -4.53. The number of nitrogens with one attached hydrogen (secondary N) is 1. The zero-order valence-electron chi connectivity index (χ0n) is 20.5. The number of nitrogens with zero attached hydrogens (tertiary/aromatic N) is 4. The van der Waals surface area contributed by atoms with Gasteiger partial charge in [-0.05, 0) is 18.1 Å². The van der Waals surface area contributed by atoms with E-state index in [1.165, 1.54) is 26.3 Å². The summed E-state index contributed by atoms with van der Waals surface area (Å²) in [7, 11) is 3.21. The molecule has 0 aliphatic carbocycles. The van der Waals surface area contributed by atoms with Crippen molar-refractivity contribution in [3.8, 4) is 11.5 Å². The van der Waals surface area contributed by atoms with Crippen molar-refractivity contribution in [2.45, 2.75) is 25.8 Å². The first kappa shape index (κ1) is 24.6. The maximum atomic E-state index is 13.1. The Kier molecular flexibility index (Phi) is 7.39. The van der Waals surface area contributed by atoms with Crippen LogP contribution in [-0.4, -0.2) is 38.7 Å². The number of benzene rings is 2. The SMILES string of the molecule is COc1ccnc(C(=O)N[C@@H](C)c2nc(C(c3ccccc3)c3ccccc3)nn2C)c1OC(C)=O. The van der Waals surface area contributed by atoms with E-state index in [0.717, 1.165) is 11.1 Å². The molecule has 2 aromatic carbocycles. The highest BCUT2D eigenvalue weighted by Crippen LogP contribution is 2.32. The van der Waals surface area contributed by atoms with E-state index in [9.17, 15) is 9.59 Å². The van der Waals surface area contributed by atoms with Crippen molar-refractivity contribution in [1.29, 1.82) is 0 Å². The fourth-order valence-corrected chi connectivity index (χ4v) is 4.02. The van der Waals surface area contributed by atoms with Gasteiger partial charge >= 0.3 is 5.97 Å². The molecule has 36 heavy (non-hydrogen) atoms. The van der Waals surface area contributed by atoms with Gasteiger partial charge < -0.3 is 14.8 Å². The summed E-state index contributed by atoms with van der Waals surface area (Å²) >= 11 is 0. The molecular weight excluding hydrogens is 458 g/mol. The number of hydrogen-bond acceptors (Lipinski definition) is 7. The molecule has 1 N–H and O–H groups in total. The minimum absolute atomic E-state index is 0.0379. The molecule has 9 heteroatoms. The molecule has 4 rings (SSSR count). The number of aryl methyl sites for hydroxylation is 1. The summed E-state index contributed by atoms with van der Waals surface area (Å²) in [6.45, 7) is 3.05. The molecule has 0 aliphatic rings. The van der Waals surface area contributed by atoms with E-state index >= 15 is 0 Å². The van der Waals surface area contributed by atoms with Gasteiger partial charge in [0.05, 0.1) is 19.1 Å². The monoisotopic (exact) mass is 485 g/mol. The Morgan fingerprint density at radius 1 is 0.972 bits per heavy atom. The average Bonchev–Trinajstić information content (AvgIpc) is 3.26. The van der Waals surface area contributed by atoms with E-state index in [1.54, 1.807) is 18.7 Å². The van der Waals surface area contributed by atoms with Crippen LogP contribution in [0.3, 0.4) is 0 Å². The molecule has 1 amide bonds. The van der Waals surface area contributed by atoms with E-state index in [0.29, 0.717) is 11.6 Å². The van der Waals surface area contributed by atoms with Gasteiger partial charge in [-0.25, -0.2) is 9.97 Å². The number of pyridine rings is 1. The summed E-state index contributed by atoms with van der Waals surface area (Å²) < 4.78 is 12.1. The lowest BCUT2D eigenvalue weighted by Gasteiger charge is -2.16. The van der Waals surface area contributed by atoms with Crippen molar-refractivity contribution < 1.29 is 19.1 Å². The molecule has 1 atom stereocenters. The quantitative estimate of drug-likeness (QED) is 0.378. The molecule has 184 valence electrons. The first-order valence-corrected chi connectivity index (χ1v) is 11.4. The molecule has 4 aromatic rings. The number of hydrogen-bond donors (Lipinski definition) is 1. The third kappa shape index (κ3) is 5.25. The lowest BCUT2D eigenvalue weighted by Crippen LogP contribution is -2.30. The highest BCUT2D eigenvalue weighted by molar-refractivity contribution is 5.96. The van der Waals surface area contributed by atoms with E-state index in [2.05, 4.69) is 10.3 Å². The Morgan fingerprint density at radius 3 is 2.14 bits per heavy atom. The van der Waals surface area contributed by atoms with E-state index in [-0.39, 0.29) is 23.1 Å². The number of ether oxygens (including phenoxy) is 2. The van der Waals surface area contributed by atoms with Crippen LogP contribution in [0.1, 0.15) is 59.1 Å². The summed E-state index contributed by atoms with van der Waals surface area (Å²) in [5, 5.41) is 7.58. The van der Waals surface area contributed by atoms with Crippen molar-refractivity contribution in [2.75, 3.05) is 7.11 Å². The molecular formula is C27H27N5O4. The second-order valence-corrected chi connectivity index (χ2v) is 8.19. The van der Waals surface area contributed by atoms with Crippen LogP contribution >= 0.6 is 0 Å². The summed E-state index contributed by atoms with van der Waals surface area (Å²) in [5.41, 5.74) is 2.05. The van der Waals surface area contributed by atoms with Crippen LogP contribution in [0.4, 0.5) is 0 Å². The van der Waals surface area contributed by atoms with Gasteiger partial charge in [0.1, 0.15) is 5.82 Å². The van der Waals surface area contributed by atoms with Gasteiger partial charge in [-0.2, -0.15) is 5.10 Å². The highest BCUT2D eigenvalue weighted by Gasteiger charge is 2.27. The maximum Gasteiger partial charge on any atom is 0.308 e. The Bertz CT molecular complexity index is 1320. The minimum atomic E-state index is -0.589. The summed E-state index contributed by atoms with van der Waals surface area (Å²) in [6.07, 6.45) is 1.41. The molecule has 9 nitrogen and oxygen atoms in total. The van der Waals surface area contributed by atoms with Crippen LogP contribution < -0.4 is 14.8 Å². The Morgan fingerprint density at radius 2 is 1.58 bits per heavy atom. The largest absolute Gasteiger partial charge is 0.493 e. The molecule has 0 radical (unpaired) electrons. The Balaban J connectivity index is 1.64. The molecule has 0 saturated carbocycles. The lowest BCUT2D eigenvalue weighted by molar-refractivity contribution is -0.132. The lowest BCUT2D eigenvalue weighted by atomic mass is 9.91.